The van der Waals surface area contributed by atoms with Crippen LogP contribution < -0.4 is 5.32 Å². The average molecular weight is 584 g/mol. The van der Waals surface area contributed by atoms with Crippen molar-refractivity contribution in [3.8, 4) is 0 Å². The summed E-state index contributed by atoms with van der Waals surface area (Å²) in [7, 11) is 0. The molecule has 3 aromatic carbocycles. The van der Waals surface area contributed by atoms with Crippen LogP contribution in [0.25, 0.3) is 0 Å². The first-order chi connectivity index (χ1) is 17.1. The van der Waals surface area contributed by atoms with E-state index in [-0.39, 0.29) is 6.04 Å². The van der Waals surface area contributed by atoms with Crippen LogP contribution in [-0.2, 0) is 13.1 Å². The van der Waals surface area contributed by atoms with Crippen molar-refractivity contribution in [1.29, 1.82) is 0 Å². The normalized spacial score (nSPS) is 17.9. The van der Waals surface area contributed by atoms with Gasteiger partial charge in [0.1, 0.15) is 0 Å². The third-order valence-corrected chi connectivity index (χ3v) is 7.41. The fourth-order valence-corrected chi connectivity index (χ4v) is 5.30. The zero-order valence-corrected chi connectivity index (χ0v) is 22.2. The predicted octanol–water partition coefficient (Wildman–Crippen LogP) is 6.70. The van der Waals surface area contributed by atoms with Gasteiger partial charge in [-0.05, 0) is 90.2 Å². The summed E-state index contributed by atoms with van der Waals surface area (Å²) in [5.74, 6) is 0. The van der Waals surface area contributed by atoms with Crippen LogP contribution in [0.15, 0.2) is 84.9 Å². The smallest absolute Gasteiger partial charge is 0.407 e. The van der Waals surface area contributed by atoms with Crippen molar-refractivity contribution in [2.75, 3.05) is 18.4 Å². The maximum Gasteiger partial charge on any atom is 0.407 e. The van der Waals surface area contributed by atoms with E-state index in [4.69, 9.17) is 0 Å². The van der Waals surface area contributed by atoms with Crippen LogP contribution in [0, 0.1) is 3.57 Å². The molecular weight excluding hydrogens is 549 g/mol. The Kier molecular flexibility index (Phi) is 9.42. The molecule has 6 heteroatoms. The highest BCUT2D eigenvalue weighted by Crippen LogP contribution is 2.25. The SMILES string of the molecule is O=C(O)N1CCC(Nc2ccc(I)cc2)C[C@@H]1CCCN(Cc1ccccc1)Cc1ccccc1. The maximum absolute atomic E-state index is 11.9. The molecule has 0 spiro atoms. The lowest BCUT2D eigenvalue weighted by Crippen LogP contribution is -2.49. The number of rotatable bonds is 10. The van der Waals surface area contributed by atoms with Gasteiger partial charge in [0, 0.05) is 41.0 Å². The van der Waals surface area contributed by atoms with Crippen molar-refractivity contribution in [2.45, 2.75) is 50.9 Å². The number of carboxylic acid groups (broad SMARTS) is 1. The molecule has 4 rings (SSSR count). The lowest BCUT2D eigenvalue weighted by Gasteiger charge is -2.39. The molecule has 1 saturated heterocycles. The molecule has 2 atom stereocenters. The molecule has 0 saturated carbocycles. The number of hydrogen-bond donors (Lipinski definition) is 2. The first-order valence-electron chi connectivity index (χ1n) is 12.4. The summed E-state index contributed by atoms with van der Waals surface area (Å²) in [6.45, 7) is 3.29. The van der Waals surface area contributed by atoms with E-state index in [9.17, 15) is 9.90 Å². The van der Waals surface area contributed by atoms with Crippen LogP contribution >= 0.6 is 22.6 Å². The number of likely N-dealkylation sites (tertiary alicyclic amines) is 1. The van der Waals surface area contributed by atoms with E-state index in [0.29, 0.717) is 12.6 Å². The van der Waals surface area contributed by atoms with Crippen molar-refractivity contribution in [2.24, 2.45) is 0 Å². The summed E-state index contributed by atoms with van der Waals surface area (Å²) in [5.41, 5.74) is 3.71. The third kappa shape index (κ3) is 7.97. The van der Waals surface area contributed by atoms with Crippen molar-refractivity contribution >= 4 is 34.4 Å². The predicted molar refractivity (Wildman–Crippen MR) is 151 cm³/mol. The zero-order chi connectivity index (χ0) is 24.5. The first kappa shape index (κ1) is 25.5. The van der Waals surface area contributed by atoms with Gasteiger partial charge in [-0.2, -0.15) is 0 Å². The Hall–Kier alpha value is -2.58. The van der Waals surface area contributed by atoms with Crippen molar-refractivity contribution in [1.82, 2.24) is 9.80 Å². The largest absolute Gasteiger partial charge is 0.465 e. The number of nitrogens with one attached hydrogen (secondary N) is 1. The minimum atomic E-state index is -0.798. The second-order valence-corrected chi connectivity index (χ2v) is 10.6. The summed E-state index contributed by atoms with van der Waals surface area (Å²) in [5, 5.41) is 13.4. The summed E-state index contributed by atoms with van der Waals surface area (Å²) < 4.78 is 1.21. The number of anilines is 1. The van der Waals surface area contributed by atoms with E-state index in [1.54, 1.807) is 4.90 Å². The zero-order valence-electron chi connectivity index (χ0n) is 20.0. The lowest BCUT2D eigenvalue weighted by molar-refractivity contribution is 0.0972. The molecule has 0 radical (unpaired) electrons. The van der Waals surface area contributed by atoms with Crippen LogP contribution in [0.5, 0.6) is 0 Å². The van der Waals surface area contributed by atoms with Gasteiger partial charge in [0.25, 0.3) is 0 Å². The van der Waals surface area contributed by atoms with E-state index >= 15 is 0 Å². The first-order valence-corrected chi connectivity index (χ1v) is 13.5. The van der Waals surface area contributed by atoms with Gasteiger partial charge in [0.05, 0.1) is 0 Å². The molecule has 0 aromatic heterocycles. The van der Waals surface area contributed by atoms with E-state index in [0.717, 1.165) is 51.0 Å². The van der Waals surface area contributed by atoms with Crippen LogP contribution in [0.3, 0.4) is 0 Å². The van der Waals surface area contributed by atoms with Crippen molar-refractivity contribution in [3.63, 3.8) is 0 Å². The minimum Gasteiger partial charge on any atom is -0.465 e. The van der Waals surface area contributed by atoms with E-state index in [1.807, 2.05) is 0 Å². The molecule has 5 nitrogen and oxygen atoms in total. The van der Waals surface area contributed by atoms with Crippen molar-refractivity contribution < 1.29 is 9.90 Å². The molecule has 0 bridgehead atoms. The van der Waals surface area contributed by atoms with Gasteiger partial charge in [-0.15, -0.1) is 0 Å². The fraction of sp³-hybridized carbons (Fsp3) is 0.345. The topological polar surface area (TPSA) is 55.8 Å². The van der Waals surface area contributed by atoms with Crippen LogP contribution in [0.4, 0.5) is 10.5 Å². The number of amides is 1. The van der Waals surface area contributed by atoms with Crippen LogP contribution in [0.1, 0.15) is 36.8 Å². The third-order valence-electron chi connectivity index (χ3n) is 6.69. The summed E-state index contributed by atoms with van der Waals surface area (Å²) in [6.07, 6.45) is 2.72. The lowest BCUT2D eigenvalue weighted by atomic mass is 9.93. The maximum atomic E-state index is 11.9. The molecule has 1 unspecified atom stereocenters. The number of carbonyl (C=O) groups is 1. The quantitative estimate of drug-likeness (QED) is 0.261. The van der Waals surface area contributed by atoms with Gasteiger partial charge in [-0.3, -0.25) is 4.90 Å². The molecular formula is C29H34IN3O2. The van der Waals surface area contributed by atoms with Gasteiger partial charge in [-0.1, -0.05) is 60.7 Å². The molecule has 1 aliphatic rings. The Labute approximate surface area is 222 Å². The van der Waals surface area contributed by atoms with E-state index in [2.05, 4.69) is 118 Å². The van der Waals surface area contributed by atoms with Gasteiger partial charge in [0.15, 0.2) is 0 Å². The highest BCUT2D eigenvalue weighted by atomic mass is 127. The second-order valence-electron chi connectivity index (χ2n) is 9.33. The second kappa shape index (κ2) is 12.9. The Morgan fingerprint density at radius 2 is 1.54 bits per heavy atom. The number of hydrogen-bond acceptors (Lipinski definition) is 3. The monoisotopic (exact) mass is 583 g/mol. The standard InChI is InChI=1S/C29H34IN3O2/c30-25-13-15-26(16-14-25)31-27-17-19-33(29(34)35)28(20-27)12-7-18-32(21-23-8-3-1-4-9-23)22-24-10-5-2-6-11-24/h1-6,8-11,13-16,27-28,31H,7,12,17-22H2,(H,34,35)/t27?,28-/m0/s1. The molecule has 1 fully saturated rings. The molecule has 3 aromatic rings. The molecule has 184 valence electrons. The number of halogens is 1. The number of piperidine rings is 1. The number of nitrogens with zero attached hydrogens (tertiary/aromatic N) is 2. The summed E-state index contributed by atoms with van der Waals surface area (Å²) in [6, 6.07) is 29.9. The fourth-order valence-electron chi connectivity index (χ4n) is 4.94. The Balaban J connectivity index is 1.36. The van der Waals surface area contributed by atoms with E-state index < -0.39 is 6.09 Å². The van der Waals surface area contributed by atoms with E-state index in [1.165, 1.54) is 14.7 Å². The van der Waals surface area contributed by atoms with Crippen molar-refractivity contribution in [3.05, 3.63) is 99.6 Å². The average Bonchev–Trinajstić information content (AvgIpc) is 2.87. The van der Waals surface area contributed by atoms with Crippen LogP contribution in [0.2, 0.25) is 0 Å². The summed E-state index contributed by atoms with van der Waals surface area (Å²) >= 11 is 2.31. The summed E-state index contributed by atoms with van der Waals surface area (Å²) in [4.78, 5) is 16.1. The minimum absolute atomic E-state index is 0.0397. The van der Waals surface area contributed by atoms with Gasteiger partial charge >= 0.3 is 6.09 Å². The molecule has 1 amide bonds. The molecule has 1 heterocycles. The Bertz CT molecular complexity index is 1010. The molecule has 0 aliphatic carbocycles. The molecule has 1 aliphatic heterocycles. The molecule has 35 heavy (non-hydrogen) atoms. The van der Waals surface area contributed by atoms with Gasteiger partial charge < -0.3 is 15.3 Å². The Morgan fingerprint density at radius 1 is 0.943 bits per heavy atom. The number of benzene rings is 3. The molecule has 2 N–H and O–H groups in total. The van der Waals surface area contributed by atoms with Crippen LogP contribution in [-0.4, -0.2) is 46.2 Å². The van der Waals surface area contributed by atoms with Gasteiger partial charge in [0.2, 0.25) is 0 Å². The highest BCUT2D eigenvalue weighted by molar-refractivity contribution is 14.1. The Morgan fingerprint density at radius 3 is 2.11 bits per heavy atom. The van der Waals surface area contributed by atoms with Gasteiger partial charge in [-0.25, -0.2) is 4.79 Å². The highest BCUT2D eigenvalue weighted by Gasteiger charge is 2.31.